The second kappa shape index (κ2) is 8.48. The lowest BCUT2D eigenvalue weighted by Gasteiger charge is -2.15. The molecule has 0 radical (unpaired) electrons. The summed E-state index contributed by atoms with van der Waals surface area (Å²) in [5, 5.41) is 0. The molecule has 0 aromatic heterocycles. The van der Waals surface area contributed by atoms with E-state index < -0.39 is 0 Å². The fourth-order valence-corrected chi connectivity index (χ4v) is 1.07. The summed E-state index contributed by atoms with van der Waals surface area (Å²) in [6.45, 7) is 10.8. The van der Waals surface area contributed by atoms with Crippen LogP contribution < -0.4 is 0 Å². The first kappa shape index (κ1) is 12.9. The second-order valence-electron chi connectivity index (χ2n) is 3.07. The summed E-state index contributed by atoms with van der Waals surface area (Å²) in [5.74, 6) is 0. The fraction of sp³-hybridized carbons (Fsp3) is 1.00. The van der Waals surface area contributed by atoms with E-state index in [2.05, 4.69) is 0 Å². The topological polar surface area (TPSA) is 27.7 Å². The Balaban J connectivity index is 3.23. The minimum Gasteiger partial charge on any atom is -0.376 e. The lowest BCUT2D eigenvalue weighted by atomic mass is 10.4. The summed E-state index contributed by atoms with van der Waals surface area (Å²) in [4.78, 5) is 0. The fourth-order valence-electron chi connectivity index (χ4n) is 1.07. The molecule has 0 amide bonds. The molecule has 0 aliphatic rings. The van der Waals surface area contributed by atoms with Gasteiger partial charge in [-0.25, -0.2) is 0 Å². The minimum absolute atomic E-state index is 0.179. The third-order valence-electron chi connectivity index (χ3n) is 1.61. The third-order valence-corrected chi connectivity index (χ3v) is 1.61. The van der Waals surface area contributed by atoms with Crippen molar-refractivity contribution in [3.05, 3.63) is 0 Å². The number of hydrogen-bond acceptors (Lipinski definition) is 3. The average molecular weight is 190 g/mol. The molecule has 13 heavy (non-hydrogen) atoms. The molecule has 0 aromatic rings. The molecule has 3 heteroatoms. The molecule has 0 aromatic carbocycles. The lowest BCUT2D eigenvalue weighted by Crippen LogP contribution is -2.21. The van der Waals surface area contributed by atoms with Crippen molar-refractivity contribution >= 4 is 0 Å². The van der Waals surface area contributed by atoms with Crippen molar-refractivity contribution < 1.29 is 14.2 Å². The summed E-state index contributed by atoms with van der Waals surface area (Å²) in [6.07, 6.45) is 0.359. The predicted octanol–water partition coefficient (Wildman–Crippen LogP) is 1.85. The zero-order valence-corrected chi connectivity index (χ0v) is 9.21. The van der Waals surface area contributed by atoms with Crippen LogP contribution in [0, 0.1) is 0 Å². The molecule has 0 aliphatic heterocycles. The highest BCUT2D eigenvalue weighted by Crippen LogP contribution is 1.95. The Labute approximate surface area is 81.4 Å². The van der Waals surface area contributed by atoms with E-state index in [1.54, 1.807) is 0 Å². The van der Waals surface area contributed by atoms with E-state index in [0.29, 0.717) is 13.2 Å². The van der Waals surface area contributed by atoms with Gasteiger partial charge in [0.2, 0.25) is 0 Å². The Morgan fingerprint density at radius 2 is 1.23 bits per heavy atom. The summed E-state index contributed by atoms with van der Waals surface area (Å²) in [6, 6.07) is 0. The van der Waals surface area contributed by atoms with Gasteiger partial charge in [-0.3, -0.25) is 0 Å². The molecule has 2 atom stereocenters. The van der Waals surface area contributed by atoms with E-state index in [0.717, 1.165) is 13.2 Å². The predicted molar refractivity (Wildman–Crippen MR) is 53.0 cm³/mol. The first-order valence-electron chi connectivity index (χ1n) is 5.01. The van der Waals surface area contributed by atoms with Gasteiger partial charge in [0, 0.05) is 13.2 Å². The lowest BCUT2D eigenvalue weighted by molar-refractivity contribution is -0.0423. The maximum atomic E-state index is 5.41. The van der Waals surface area contributed by atoms with E-state index in [4.69, 9.17) is 14.2 Å². The normalized spacial score (nSPS) is 15.7. The van der Waals surface area contributed by atoms with Crippen LogP contribution in [0.5, 0.6) is 0 Å². The van der Waals surface area contributed by atoms with Gasteiger partial charge in [0.15, 0.2) is 0 Å². The smallest absolute Gasteiger partial charge is 0.0780 e. The van der Waals surface area contributed by atoms with Crippen molar-refractivity contribution in [3.63, 3.8) is 0 Å². The zero-order chi connectivity index (χ0) is 10.1. The van der Waals surface area contributed by atoms with E-state index >= 15 is 0 Å². The Hall–Kier alpha value is -0.120. The van der Waals surface area contributed by atoms with Crippen LogP contribution in [0.25, 0.3) is 0 Å². The maximum absolute atomic E-state index is 5.41. The maximum Gasteiger partial charge on any atom is 0.0780 e. The number of ether oxygens (including phenoxy) is 3. The van der Waals surface area contributed by atoms with Crippen molar-refractivity contribution in [2.45, 2.75) is 39.9 Å². The molecule has 2 unspecified atom stereocenters. The van der Waals surface area contributed by atoms with Crippen LogP contribution in [0.4, 0.5) is 0 Å². The molecule has 0 saturated heterocycles. The SMILES string of the molecule is CCOC(C)COCC(C)OCC. The van der Waals surface area contributed by atoms with Crippen molar-refractivity contribution in [1.82, 2.24) is 0 Å². The monoisotopic (exact) mass is 190 g/mol. The number of hydrogen-bond donors (Lipinski definition) is 0. The van der Waals surface area contributed by atoms with E-state index in [1.807, 2.05) is 27.7 Å². The number of rotatable bonds is 8. The van der Waals surface area contributed by atoms with Crippen LogP contribution in [-0.2, 0) is 14.2 Å². The average Bonchev–Trinajstić information content (AvgIpc) is 2.05. The van der Waals surface area contributed by atoms with Crippen LogP contribution in [0.1, 0.15) is 27.7 Å². The van der Waals surface area contributed by atoms with Crippen LogP contribution >= 0.6 is 0 Å². The van der Waals surface area contributed by atoms with Gasteiger partial charge in [-0.15, -0.1) is 0 Å². The second-order valence-corrected chi connectivity index (χ2v) is 3.07. The Morgan fingerprint density at radius 1 is 0.846 bits per heavy atom. The molecule has 0 N–H and O–H groups in total. The van der Waals surface area contributed by atoms with Crippen LogP contribution in [0.2, 0.25) is 0 Å². The molecule has 0 aliphatic carbocycles. The van der Waals surface area contributed by atoms with Gasteiger partial charge >= 0.3 is 0 Å². The van der Waals surface area contributed by atoms with Gasteiger partial charge in [0.05, 0.1) is 25.4 Å². The molecule has 0 rings (SSSR count). The first-order valence-corrected chi connectivity index (χ1v) is 5.01. The molecule has 3 nitrogen and oxygen atoms in total. The summed E-state index contributed by atoms with van der Waals surface area (Å²) >= 11 is 0. The van der Waals surface area contributed by atoms with Crippen molar-refractivity contribution in [1.29, 1.82) is 0 Å². The minimum atomic E-state index is 0.179. The summed E-state index contributed by atoms with van der Waals surface area (Å²) in [5.41, 5.74) is 0. The molecule has 0 heterocycles. The molecule has 0 saturated carbocycles. The van der Waals surface area contributed by atoms with Gasteiger partial charge in [-0.1, -0.05) is 0 Å². The van der Waals surface area contributed by atoms with Crippen LogP contribution in [0.3, 0.4) is 0 Å². The first-order chi connectivity index (χ1) is 6.20. The van der Waals surface area contributed by atoms with Gasteiger partial charge in [-0.05, 0) is 27.7 Å². The Bertz CT molecular complexity index is 94.3. The van der Waals surface area contributed by atoms with E-state index in [9.17, 15) is 0 Å². The molecule has 0 spiro atoms. The van der Waals surface area contributed by atoms with Gasteiger partial charge in [0.1, 0.15) is 0 Å². The van der Waals surface area contributed by atoms with Crippen molar-refractivity contribution in [2.75, 3.05) is 26.4 Å². The molecule has 0 fully saturated rings. The van der Waals surface area contributed by atoms with E-state index in [1.165, 1.54) is 0 Å². The van der Waals surface area contributed by atoms with Gasteiger partial charge in [-0.2, -0.15) is 0 Å². The van der Waals surface area contributed by atoms with Gasteiger partial charge in [0.25, 0.3) is 0 Å². The molecule has 0 bridgehead atoms. The largest absolute Gasteiger partial charge is 0.376 e. The molecular formula is C10H22O3. The highest BCUT2D eigenvalue weighted by atomic mass is 16.6. The van der Waals surface area contributed by atoms with Crippen LogP contribution in [-0.4, -0.2) is 38.6 Å². The summed E-state index contributed by atoms with van der Waals surface area (Å²) in [7, 11) is 0. The quantitative estimate of drug-likeness (QED) is 0.584. The highest BCUT2D eigenvalue weighted by molar-refractivity contribution is 4.50. The Kier molecular flexibility index (Phi) is 8.40. The zero-order valence-electron chi connectivity index (χ0n) is 9.21. The molecule has 80 valence electrons. The summed E-state index contributed by atoms with van der Waals surface area (Å²) < 4.78 is 16.0. The molecular weight excluding hydrogens is 168 g/mol. The van der Waals surface area contributed by atoms with E-state index in [-0.39, 0.29) is 12.2 Å². The Morgan fingerprint density at radius 3 is 1.54 bits per heavy atom. The van der Waals surface area contributed by atoms with Gasteiger partial charge < -0.3 is 14.2 Å². The van der Waals surface area contributed by atoms with Crippen LogP contribution in [0.15, 0.2) is 0 Å². The standard InChI is InChI=1S/C10H22O3/c1-5-12-9(3)7-11-8-10(4)13-6-2/h9-10H,5-8H2,1-4H3. The van der Waals surface area contributed by atoms with Crippen molar-refractivity contribution in [3.8, 4) is 0 Å². The van der Waals surface area contributed by atoms with Crippen molar-refractivity contribution in [2.24, 2.45) is 0 Å². The highest BCUT2D eigenvalue weighted by Gasteiger charge is 2.04. The third kappa shape index (κ3) is 8.22.